The summed E-state index contributed by atoms with van der Waals surface area (Å²) in [5.41, 5.74) is 3.24. The fourth-order valence-electron chi connectivity index (χ4n) is 2.55. The maximum atomic E-state index is 12.0. The zero-order valence-electron chi connectivity index (χ0n) is 12.0. The Balaban J connectivity index is 2.05. The third-order valence-corrected chi connectivity index (χ3v) is 3.73. The SMILES string of the molecule is CC=C(C=CC(=O)NC1c2ccccc2CC1O)CC. The molecule has 0 bridgehead atoms. The smallest absolute Gasteiger partial charge is 0.244 e. The standard InChI is InChI=1S/C17H21NO2/c1-3-12(4-2)9-10-16(20)18-17-14-8-6-5-7-13(14)11-15(17)19/h3,5-10,15,17,19H,4,11H2,1-2H3,(H,18,20). The van der Waals surface area contributed by atoms with Gasteiger partial charge in [-0.3, -0.25) is 4.79 Å². The summed E-state index contributed by atoms with van der Waals surface area (Å²) in [4.78, 5) is 12.0. The molecule has 2 atom stereocenters. The minimum absolute atomic E-state index is 0.168. The molecule has 106 valence electrons. The van der Waals surface area contributed by atoms with Crippen molar-refractivity contribution in [3.05, 3.63) is 59.2 Å². The predicted octanol–water partition coefficient (Wildman–Crippen LogP) is 2.67. The Morgan fingerprint density at radius 3 is 2.85 bits per heavy atom. The van der Waals surface area contributed by atoms with E-state index in [1.54, 1.807) is 0 Å². The molecule has 2 N–H and O–H groups in total. The first-order valence-electron chi connectivity index (χ1n) is 7.05. The minimum Gasteiger partial charge on any atom is -0.390 e. The third-order valence-electron chi connectivity index (χ3n) is 3.73. The summed E-state index contributed by atoms with van der Waals surface area (Å²) in [6.07, 6.45) is 6.30. The summed E-state index contributed by atoms with van der Waals surface area (Å²) in [5.74, 6) is -0.168. The summed E-state index contributed by atoms with van der Waals surface area (Å²) in [7, 11) is 0. The first-order chi connectivity index (χ1) is 9.65. The number of rotatable bonds is 4. The van der Waals surface area contributed by atoms with Crippen LogP contribution < -0.4 is 5.32 Å². The highest BCUT2D eigenvalue weighted by Crippen LogP contribution is 2.31. The van der Waals surface area contributed by atoms with Gasteiger partial charge in [0.25, 0.3) is 0 Å². The van der Waals surface area contributed by atoms with Crippen molar-refractivity contribution in [2.75, 3.05) is 0 Å². The molecule has 3 nitrogen and oxygen atoms in total. The van der Waals surface area contributed by atoms with Crippen LogP contribution in [0.2, 0.25) is 0 Å². The van der Waals surface area contributed by atoms with E-state index < -0.39 is 6.10 Å². The second-order valence-electron chi connectivity index (χ2n) is 5.01. The first kappa shape index (κ1) is 14.5. The number of amides is 1. The number of aliphatic hydroxyl groups excluding tert-OH is 1. The Kier molecular flexibility index (Phi) is 4.74. The third kappa shape index (κ3) is 3.17. The van der Waals surface area contributed by atoms with Crippen molar-refractivity contribution < 1.29 is 9.90 Å². The number of hydrogen-bond acceptors (Lipinski definition) is 2. The van der Waals surface area contributed by atoms with Crippen molar-refractivity contribution in [2.45, 2.75) is 38.8 Å². The van der Waals surface area contributed by atoms with Gasteiger partial charge in [-0.1, -0.05) is 48.9 Å². The largest absolute Gasteiger partial charge is 0.390 e. The Bertz CT molecular complexity index is 546. The lowest BCUT2D eigenvalue weighted by Gasteiger charge is -2.16. The van der Waals surface area contributed by atoms with Gasteiger partial charge in [-0.25, -0.2) is 0 Å². The van der Waals surface area contributed by atoms with E-state index >= 15 is 0 Å². The normalized spacial score (nSPS) is 22.1. The summed E-state index contributed by atoms with van der Waals surface area (Å²) < 4.78 is 0. The minimum atomic E-state index is -0.544. The molecular weight excluding hydrogens is 250 g/mol. The number of nitrogens with one attached hydrogen (secondary N) is 1. The molecule has 2 rings (SSSR count). The van der Waals surface area contributed by atoms with Gasteiger partial charge < -0.3 is 10.4 Å². The predicted molar refractivity (Wildman–Crippen MR) is 80.2 cm³/mol. The molecule has 0 saturated heterocycles. The van der Waals surface area contributed by atoms with Gasteiger partial charge in [0.05, 0.1) is 12.1 Å². The van der Waals surface area contributed by atoms with Crippen LogP contribution in [0.15, 0.2) is 48.1 Å². The highest BCUT2D eigenvalue weighted by atomic mass is 16.3. The second kappa shape index (κ2) is 6.53. The van der Waals surface area contributed by atoms with E-state index in [9.17, 15) is 9.90 Å². The molecule has 0 saturated carbocycles. The lowest BCUT2D eigenvalue weighted by atomic mass is 10.1. The van der Waals surface area contributed by atoms with Gasteiger partial charge in [-0.15, -0.1) is 0 Å². The number of aliphatic hydroxyl groups is 1. The molecule has 1 aliphatic carbocycles. The van der Waals surface area contributed by atoms with E-state index in [4.69, 9.17) is 0 Å². The summed E-state index contributed by atoms with van der Waals surface area (Å²) >= 11 is 0. The monoisotopic (exact) mass is 271 g/mol. The van der Waals surface area contributed by atoms with Crippen molar-refractivity contribution in [3.63, 3.8) is 0 Å². The molecule has 1 aliphatic rings. The van der Waals surface area contributed by atoms with Crippen molar-refractivity contribution in [1.82, 2.24) is 5.32 Å². The molecule has 0 aromatic heterocycles. The van der Waals surface area contributed by atoms with Gasteiger partial charge in [0.15, 0.2) is 0 Å². The van der Waals surface area contributed by atoms with Gasteiger partial charge in [0.2, 0.25) is 5.91 Å². The van der Waals surface area contributed by atoms with E-state index in [0.29, 0.717) is 6.42 Å². The molecule has 2 unspecified atom stereocenters. The van der Waals surface area contributed by atoms with Crippen LogP contribution in [0.5, 0.6) is 0 Å². The average Bonchev–Trinajstić information content (AvgIpc) is 2.76. The van der Waals surface area contributed by atoms with Gasteiger partial charge in [-0.05, 0) is 24.5 Å². The number of fused-ring (bicyclic) bond motifs is 1. The molecule has 0 radical (unpaired) electrons. The fourth-order valence-corrected chi connectivity index (χ4v) is 2.55. The quantitative estimate of drug-likeness (QED) is 0.653. The molecule has 0 aliphatic heterocycles. The Morgan fingerprint density at radius 1 is 1.40 bits per heavy atom. The van der Waals surface area contributed by atoms with Crippen molar-refractivity contribution in [3.8, 4) is 0 Å². The highest BCUT2D eigenvalue weighted by Gasteiger charge is 2.31. The van der Waals surface area contributed by atoms with Gasteiger partial charge >= 0.3 is 0 Å². The molecule has 1 aromatic carbocycles. The van der Waals surface area contributed by atoms with E-state index in [0.717, 1.165) is 23.1 Å². The van der Waals surface area contributed by atoms with Crippen LogP contribution in [0, 0.1) is 0 Å². The summed E-state index contributed by atoms with van der Waals surface area (Å²) in [6.45, 7) is 4.01. The van der Waals surface area contributed by atoms with Gasteiger partial charge in [-0.2, -0.15) is 0 Å². The number of carbonyl (C=O) groups excluding carboxylic acids is 1. The van der Waals surface area contributed by atoms with E-state index in [1.807, 2.05) is 43.3 Å². The lowest BCUT2D eigenvalue weighted by molar-refractivity contribution is -0.117. The Hall–Kier alpha value is -1.87. The Labute approximate surface area is 120 Å². The number of allylic oxidation sites excluding steroid dienone is 3. The summed E-state index contributed by atoms with van der Waals surface area (Å²) in [5, 5.41) is 13.0. The van der Waals surface area contributed by atoms with Crippen LogP contribution in [0.3, 0.4) is 0 Å². The van der Waals surface area contributed by atoms with E-state index in [-0.39, 0.29) is 11.9 Å². The maximum Gasteiger partial charge on any atom is 0.244 e. The van der Waals surface area contributed by atoms with E-state index in [1.165, 1.54) is 6.08 Å². The zero-order chi connectivity index (χ0) is 14.5. The van der Waals surface area contributed by atoms with Crippen molar-refractivity contribution in [1.29, 1.82) is 0 Å². The van der Waals surface area contributed by atoms with E-state index in [2.05, 4.69) is 12.2 Å². The molecule has 0 spiro atoms. The van der Waals surface area contributed by atoms with Gasteiger partial charge in [0, 0.05) is 12.5 Å². The van der Waals surface area contributed by atoms with Crippen LogP contribution in [0.1, 0.15) is 37.4 Å². The van der Waals surface area contributed by atoms with Crippen molar-refractivity contribution >= 4 is 5.91 Å². The molecule has 1 amide bonds. The zero-order valence-corrected chi connectivity index (χ0v) is 12.0. The molecule has 1 aromatic rings. The van der Waals surface area contributed by atoms with Gasteiger partial charge in [0.1, 0.15) is 0 Å². The fraction of sp³-hybridized carbons (Fsp3) is 0.353. The molecule has 0 heterocycles. The van der Waals surface area contributed by atoms with Crippen LogP contribution in [0.25, 0.3) is 0 Å². The number of hydrogen-bond donors (Lipinski definition) is 2. The van der Waals surface area contributed by atoms with Crippen LogP contribution in [-0.2, 0) is 11.2 Å². The molecule has 3 heteroatoms. The molecular formula is C17H21NO2. The molecule has 0 fully saturated rings. The topological polar surface area (TPSA) is 49.3 Å². The summed E-state index contributed by atoms with van der Waals surface area (Å²) in [6, 6.07) is 7.54. The van der Waals surface area contributed by atoms with Crippen LogP contribution >= 0.6 is 0 Å². The van der Waals surface area contributed by atoms with Crippen LogP contribution in [-0.4, -0.2) is 17.1 Å². The Morgan fingerprint density at radius 2 is 2.15 bits per heavy atom. The average molecular weight is 271 g/mol. The number of benzene rings is 1. The highest BCUT2D eigenvalue weighted by molar-refractivity contribution is 5.88. The maximum absolute atomic E-state index is 12.0. The van der Waals surface area contributed by atoms with Crippen molar-refractivity contribution in [2.24, 2.45) is 0 Å². The molecule has 20 heavy (non-hydrogen) atoms. The number of carbonyl (C=O) groups is 1. The lowest BCUT2D eigenvalue weighted by Crippen LogP contribution is -2.32. The first-order valence-corrected chi connectivity index (χ1v) is 7.05. The van der Waals surface area contributed by atoms with Crippen LogP contribution in [0.4, 0.5) is 0 Å². The second-order valence-corrected chi connectivity index (χ2v) is 5.01.